The Labute approximate surface area is 94.9 Å². The fourth-order valence-electron chi connectivity index (χ4n) is 1.80. The predicted molar refractivity (Wildman–Crippen MR) is 60.3 cm³/mol. The Balaban J connectivity index is 2.19. The molecule has 1 N–H and O–H groups in total. The van der Waals surface area contributed by atoms with Crippen LogP contribution in [0.25, 0.3) is 0 Å². The van der Waals surface area contributed by atoms with Crippen LogP contribution in [0.15, 0.2) is 18.5 Å². The molecule has 4 heteroatoms. The fraction of sp³-hybridized carbons (Fsp3) is 0.500. The minimum atomic E-state index is -0.0794. The molecule has 1 aromatic heterocycles. The van der Waals surface area contributed by atoms with E-state index in [0.29, 0.717) is 11.6 Å². The standard InChI is InChI=1S/C12H16N2O2/c1-2-7-14(9-3-4-9)12(16)10-5-6-13-8-11(10)15/h5-6,8-9,15H,2-4,7H2,1H3. The molecule has 1 saturated carbocycles. The molecule has 1 fully saturated rings. The van der Waals surface area contributed by atoms with E-state index in [2.05, 4.69) is 11.9 Å². The van der Waals surface area contributed by atoms with Gasteiger partial charge in [0, 0.05) is 18.8 Å². The normalized spacial score (nSPS) is 14.8. The van der Waals surface area contributed by atoms with Crippen molar-refractivity contribution in [2.24, 2.45) is 0 Å². The molecule has 1 aliphatic carbocycles. The number of nitrogens with zero attached hydrogens (tertiary/aromatic N) is 2. The largest absolute Gasteiger partial charge is 0.505 e. The summed E-state index contributed by atoms with van der Waals surface area (Å²) in [4.78, 5) is 17.8. The Morgan fingerprint density at radius 3 is 2.94 bits per heavy atom. The monoisotopic (exact) mass is 220 g/mol. The van der Waals surface area contributed by atoms with Crippen molar-refractivity contribution in [1.82, 2.24) is 9.88 Å². The highest BCUT2D eigenvalue weighted by Gasteiger charge is 2.33. The maximum absolute atomic E-state index is 12.2. The zero-order valence-electron chi connectivity index (χ0n) is 9.39. The molecule has 4 nitrogen and oxygen atoms in total. The highest BCUT2D eigenvalue weighted by Crippen LogP contribution is 2.29. The molecule has 0 bridgehead atoms. The van der Waals surface area contributed by atoms with E-state index in [-0.39, 0.29) is 11.7 Å². The van der Waals surface area contributed by atoms with Crippen LogP contribution in [-0.4, -0.2) is 33.5 Å². The summed E-state index contributed by atoms with van der Waals surface area (Å²) < 4.78 is 0. The number of pyridine rings is 1. The van der Waals surface area contributed by atoms with Gasteiger partial charge < -0.3 is 10.0 Å². The van der Waals surface area contributed by atoms with E-state index in [1.54, 1.807) is 6.07 Å². The number of amides is 1. The maximum atomic E-state index is 12.2. The van der Waals surface area contributed by atoms with Crippen molar-refractivity contribution in [1.29, 1.82) is 0 Å². The van der Waals surface area contributed by atoms with Gasteiger partial charge >= 0.3 is 0 Å². The smallest absolute Gasteiger partial charge is 0.257 e. The summed E-state index contributed by atoms with van der Waals surface area (Å²) in [6, 6.07) is 1.95. The van der Waals surface area contributed by atoms with Crippen molar-refractivity contribution in [2.45, 2.75) is 32.2 Å². The molecule has 0 aliphatic heterocycles. The number of rotatable bonds is 4. The minimum absolute atomic E-state index is 0.0331. The van der Waals surface area contributed by atoms with Crippen LogP contribution in [0.3, 0.4) is 0 Å². The van der Waals surface area contributed by atoms with E-state index >= 15 is 0 Å². The van der Waals surface area contributed by atoms with E-state index in [1.807, 2.05) is 4.90 Å². The van der Waals surface area contributed by atoms with Crippen LogP contribution in [0.5, 0.6) is 5.75 Å². The summed E-state index contributed by atoms with van der Waals surface area (Å²) in [7, 11) is 0. The van der Waals surface area contributed by atoms with Crippen molar-refractivity contribution in [2.75, 3.05) is 6.54 Å². The second-order valence-electron chi connectivity index (χ2n) is 4.12. The van der Waals surface area contributed by atoms with Gasteiger partial charge in [0.2, 0.25) is 0 Å². The summed E-state index contributed by atoms with van der Waals surface area (Å²) in [5.74, 6) is -0.112. The van der Waals surface area contributed by atoms with Gasteiger partial charge in [0.15, 0.2) is 0 Å². The number of hydrogen-bond donors (Lipinski definition) is 1. The number of hydrogen-bond acceptors (Lipinski definition) is 3. The molecule has 1 amide bonds. The SMILES string of the molecule is CCCN(C(=O)c1ccncc1O)C1CC1. The lowest BCUT2D eigenvalue weighted by Crippen LogP contribution is -2.33. The van der Waals surface area contributed by atoms with Crippen molar-refractivity contribution < 1.29 is 9.90 Å². The van der Waals surface area contributed by atoms with Gasteiger partial charge in [0.05, 0.1) is 11.8 Å². The molecule has 0 spiro atoms. The zero-order valence-corrected chi connectivity index (χ0v) is 9.39. The fourth-order valence-corrected chi connectivity index (χ4v) is 1.80. The topological polar surface area (TPSA) is 53.4 Å². The second kappa shape index (κ2) is 4.51. The highest BCUT2D eigenvalue weighted by molar-refractivity contribution is 5.97. The number of carbonyl (C=O) groups is 1. The molecule has 0 atom stereocenters. The van der Waals surface area contributed by atoms with E-state index < -0.39 is 0 Å². The highest BCUT2D eigenvalue weighted by atomic mass is 16.3. The first-order chi connectivity index (χ1) is 7.74. The molecule has 2 rings (SSSR count). The van der Waals surface area contributed by atoms with Crippen LogP contribution in [-0.2, 0) is 0 Å². The van der Waals surface area contributed by atoms with Gasteiger partial charge in [-0.1, -0.05) is 6.92 Å². The molecule has 16 heavy (non-hydrogen) atoms. The third-order valence-corrected chi connectivity index (χ3v) is 2.74. The molecule has 1 aliphatic rings. The molecular formula is C12H16N2O2. The molecule has 0 unspecified atom stereocenters. The van der Waals surface area contributed by atoms with E-state index in [0.717, 1.165) is 25.8 Å². The Morgan fingerprint density at radius 2 is 2.38 bits per heavy atom. The van der Waals surface area contributed by atoms with Crippen LogP contribution < -0.4 is 0 Å². The van der Waals surface area contributed by atoms with Crippen molar-refractivity contribution >= 4 is 5.91 Å². The predicted octanol–water partition coefficient (Wildman–Crippen LogP) is 1.80. The average Bonchev–Trinajstić information content (AvgIpc) is 3.09. The number of aromatic nitrogens is 1. The average molecular weight is 220 g/mol. The summed E-state index contributed by atoms with van der Waals surface area (Å²) >= 11 is 0. The van der Waals surface area contributed by atoms with E-state index in [1.165, 1.54) is 12.4 Å². The zero-order chi connectivity index (χ0) is 11.5. The lowest BCUT2D eigenvalue weighted by Gasteiger charge is -2.21. The van der Waals surface area contributed by atoms with E-state index in [9.17, 15) is 9.90 Å². The Bertz CT molecular complexity index is 388. The van der Waals surface area contributed by atoms with Gasteiger partial charge in [-0.25, -0.2) is 0 Å². The van der Waals surface area contributed by atoms with Crippen LogP contribution in [0.4, 0.5) is 0 Å². The number of carbonyl (C=O) groups excluding carboxylic acids is 1. The first kappa shape index (κ1) is 10.9. The Kier molecular flexibility index (Phi) is 3.08. The van der Waals surface area contributed by atoms with Gasteiger partial charge in [-0.3, -0.25) is 9.78 Å². The molecule has 1 aromatic rings. The van der Waals surface area contributed by atoms with Crippen LogP contribution >= 0.6 is 0 Å². The number of aromatic hydroxyl groups is 1. The second-order valence-corrected chi connectivity index (χ2v) is 4.12. The molecule has 1 heterocycles. The Morgan fingerprint density at radius 1 is 1.62 bits per heavy atom. The van der Waals surface area contributed by atoms with Crippen molar-refractivity contribution in [3.05, 3.63) is 24.0 Å². The molecule has 0 aromatic carbocycles. The molecule has 0 radical (unpaired) electrons. The third kappa shape index (κ3) is 2.15. The maximum Gasteiger partial charge on any atom is 0.257 e. The van der Waals surface area contributed by atoms with Gasteiger partial charge in [-0.2, -0.15) is 0 Å². The van der Waals surface area contributed by atoms with Crippen LogP contribution in [0.2, 0.25) is 0 Å². The Hall–Kier alpha value is -1.58. The first-order valence-electron chi connectivity index (χ1n) is 5.68. The summed E-state index contributed by atoms with van der Waals surface area (Å²) in [5.41, 5.74) is 0.357. The van der Waals surface area contributed by atoms with Crippen LogP contribution in [0.1, 0.15) is 36.5 Å². The van der Waals surface area contributed by atoms with Crippen molar-refractivity contribution in [3.63, 3.8) is 0 Å². The quantitative estimate of drug-likeness (QED) is 0.841. The third-order valence-electron chi connectivity index (χ3n) is 2.74. The summed E-state index contributed by atoms with van der Waals surface area (Å²) in [6.45, 7) is 2.81. The summed E-state index contributed by atoms with van der Waals surface area (Å²) in [5, 5.41) is 9.59. The van der Waals surface area contributed by atoms with E-state index in [4.69, 9.17) is 0 Å². The van der Waals surface area contributed by atoms with Gasteiger partial charge in [-0.15, -0.1) is 0 Å². The lowest BCUT2D eigenvalue weighted by atomic mass is 10.2. The first-order valence-corrected chi connectivity index (χ1v) is 5.68. The minimum Gasteiger partial charge on any atom is -0.505 e. The van der Waals surface area contributed by atoms with Crippen LogP contribution in [0, 0.1) is 0 Å². The molecule has 86 valence electrons. The molecule has 0 saturated heterocycles. The lowest BCUT2D eigenvalue weighted by molar-refractivity contribution is 0.0740. The van der Waals surface area contributed by atoms with Gasteiger partial charge in [-0.05, 0) is 25.3 Å². The van der Waals surface area contributed by atoms with Gasteiger partial charge in [0.25, 0.3) is 5.91 Å². The van der Waals surface area contributed by atoms with Gasteiger partial charge in [0.1, 0.15) is 5.75 Å². The molecular weight excluding hydrogens is 204 g/mol. The summed E-state index contributed by atoms with van der Waals surface area (Å²) in [6.07, 6.45) is 5.94. The van der Waals surface area contributed by atoms with Crippen molar-refractivity contribution in [3.8, 4) is 5.75 Å².